The van der Waals surface area contributed by atoms with Crippen LogP contribution in [0, 0.1) is 0 Å². The van der Waals surface area contributed by atoms with Gasteiger partial charge in [0.1, 0.15) is 5.01 Å². The van der Waals surface area contributed by atoms with E-state index in [9.17, 15) is 0 Å². The molecule has 0 amide bonds. The van der Waals surface area contributed by atoms with Gasteiger partial charge in [0, 0.05) is 39.1 Å². The number of thiazole rings is 1. The third-order valence-electron chi connectivity index (χ3n) is 4.26. The Kier molecular flexibility index (Phi) is 4.77. The predicted molar refractivity (Wildman–Crippen MR) is 105 cm³/mol. The van der Waals surface area contributed by atoms with Crippen molar-refractivity contribution in [2.24, 2.45) is 0 Å². The quantitative estimate of drug-likeness (QED) is 0.716. The van der Waals surface area contributed by atoms with Crippen molar-refractivity contribution in [1.82, 2.24) is 10.3 Å². The number of hydrogen-bond acceptors (Lipinski definition) is 6. The number of rotatable bonds is 6. The molecule has 0 aliphatic carbocycles. The molecule has 6 heteroatoms. The average molecular weight is 367 g/mol. The molecule has 3 aromatic rings. The molecule has 26 heavy (non-hydrogen) atoms. The van der Waals surface area contributed by atoms with E-state index >= 15 is 0 Å². The lowest BCUT2D eigenvalue weighted by atomic mass is 10.2. The number of anilines is 1. The van der Waals surface area contributed by atoms with Crippen molar-refractivity contribution in [1.29, 1.82) is 0 Å². The van der Waals surface area contributed by atoms with Gasteiger partial charge in [0.05, 0.1) is 4.88 Å². The Morgan fingerprint density at radius 1 is 1.04 bits per heavy atom. The van der Waals surface area contributed by atoms with Gasteiger partial charge in [-0.3, -0.25) is 0 Å². The van der Waals surface area contributed by atoms with Gasteiger partial charge in [0.15, 0.2) is 11.5 Å². The molecule has 1 aliphatic rings. The van der Waals surface area contributed by atoms with Crippen LogP contribution in [0.3, 0.4) is 0 Å². The van der Waals surface area contributed by atoms with Crippen LogP contribution in [-0.2, 0) is 13.1 Å². The molecule has 0 atom stereocenters. The molecule has 4 rings (SSSR count). The summed E-state index contributed by atoms with van der Waals surface area (Å²) in [4.78, 5) is 7.83. The van der Waals surface area contributed by atoms with Crippen molar-refractivity contribution in [3.63, 3.8) is 0 Å². The second-order valence-corrected chi connectivity index (χ2v) is 7.47. The molecule has 0 saturated carbocycles. The molecule has 0 spiro atoms. The zero-order chi connectivity index (χ0) is 17.9. The van der Waals surface area contributed by atoms with Crippen molar-refractivity contribution in [2.45, 2.75) is 13.1 Å². The van der Waals surface area contributed by atoms with Crippen LogP contribution in [0.1, 0.15) is 10.6 Å². The summed E-state index contributed by atoms with van der Waals surface area (Å²) < 4.78 is 10.8. The third-order valence-corrected chi connectivity index (χ3v) is 5.31. The standard InChI is InChI=1S/C20H21N3O2S/c1-23(2)16-6-4-15(5-7-16)19-11-22-20(26-19)12-21-10-14-3-8-17-18(9-14)25-13-24-17/h3-9,11,21H,10,12-13H2,1-2H3. The zero-order valence-electron chi connectivity index (χ0n) is 14.9. The highest BCUT2D eigenvalue weighted by atomic mass is 32.1. The molecule has 0 unspecified atom stereocenters. The number of nitrogens with one attached hydrogen (secondary N) is 1. The Balaban J connectivity index is 1.35. The van der Waals surface area contributed by atoms with Gasteiger partial charge in [-0.15, -0.1) is 11.3 Å². The maximum Gasteiger partial charge on any atom is 0.231 e. The van der Waals surface area contributed by atoms with Crippen molar-refractivity contribution in [3.8, 4) is 21.9 Å². The number of ether oxygens (including phenoxy) is 2. The normalized spacial score (nSPS) is 12.4. The summed E-state index contributed by atoms with van der Waals surface area (Å²) in [5.41, 5.74) is 3.57. The van der Waals surface area contributed by atoms with Crippen LogP contribution in [0.2, 0.25) is 0 Å². The van der Waals surface area contributed by atoms with E-state index < -0.39 is 0 Å². The zero-order valence-corrected chi connectivity index (χ0v) is 15.7. The van der Waals surface area contributed by atoms with Gasteiger partial charge in [-0.05, 0) is 35.4 Å². The lowest BCUT2D eigenvalue weighted by Crippen LogP contribution is -2.12. The summed E-state index contributed by atoms with van der Waals surface area (Å²) in [5.74, 6) is 1.64. The molecule has 134 valence electrons. The summed E-state index contributed by atoms with van der Waals surface area (Å²) in [6, 6.07) is 14.6. The topological polar surface area (TPSA) is 46.6 Å². The third kappa shape index (κ3) is 3.66. The first-order chi connectivity index (χ1) is 12.7. The average Bonchev–Trinajstić information content (AvgIpc) is 3.30. The van der Waals surface area contributed by atoms with E-state index in [-0.39, 0.29) is 0 Å². The first-order valence-corrected chi connectivity index (χ1v) is 9.32. The molecular weight excluding hydrogens is 346 g/mol. The van der Waals surface area contributed by atoms with Gasteiger partial charge >= 0.3 is 0 Å². The summed E-state index contributed by atoms with van der Waals surface area (Å²) in [6.45, 7) is 1.82. The van der Waals surface area contributed by atoms with Crippen LogP contribution >= 0.6 is 11.3 Å². The molecule has 0 fully saturated rings. The number of nitrogens with zero attached hydrogens (tertiary/aromatic N) is 2. The highest BCUT2D eigenvalue weighted by molar-refractivity contribution is 7.15. The molecule has 1 N–H and O–H groups in total. The van der Waals surface area contributed by atoms with Crippen molar-refractivity contribution >= 4 is 17.0 Å². The Morgan fingerprint density at radius 3 is 2.65 bits per heavy atom. The van der Waals surface area contributed by atoms with Crippen molar-refractivity contribution in [2.75, 3.05) is 25.8 Å². The Labute approximate surface area is 157 Å². The largest absolute Gasteiger partial charge is 0.454 e. The monoisotopic (exact) mass is 367 g/mol. The number of fused-ring (bicyclic) bond motifs is 1. The fourth-order valence-electron chi connectivity index (χ4n) is 2.81. The molecule has 2 aromatic carbocycles. The van der Waals surface area contributed by atoms with Crippen LogP contribution in [-0.4, -0.2) is 25.9 Å². The minimum Gasteiger partial charge on any atom is -0.454 e. The van der Waals surface area contributed by atoms with Crippen molar-refractivity contribution < 1.29 is 9.47 Å². The van der Waals surface area contributed by atoms with Gasteiger partial charge in [-0.2, -0.15) is 0 Å². The lowest BCUT2D eigenvalue weighted by molar-refractivity contribution is 0.174. The van der Waals surface area contributed by atoms with E-state index in [1.807, 2.05) is 32.4 Å². The highest BCUT2D eigenvalue weighted by Crippen LogP contribution is 2.32. The SMILES string of the molecule is CN(C)c1ccc(-c2cnc(CNCc3ccc4c(c3)OCO4)s2)cc1. The molecule has 5 nitrogen and oxygen atoms in total. The van der Waals surface area contributed by atoms with Crippen LogP contribution in [0.25, 0.3) is 10.4 Å². The second kappa shape index (κ2) is 7.35. The van der Waals surface area contributed by atoms with Gasteiger partial charge in [-0.1, -0.05) is 18.2 Å². The lowest BCUT2D eigenvalue weighted by Gasteiger charge is -2.12. The number of hydrogen-bond donors (Lipinski definition) is 1. The maximum atomic E-state index is 5.42. The molecule has 0 bridgehead atoms. The van der Waals surface area contributed by atoms with Crippen LogP contribution in [0.15, 0.2) is 48.7 Å². The number of benzene rings is 2. The van der Waals surface area contributed by atoms with E-state index in [1.54, 1.807) is 11.3 Å². The maximum absolute atomic E-state index is 5.42. The first kappa shape index (κ1) is 16.9. The molecule has 1 aromatic heterocycles. The minimum atomic E-state index is 0.309. The fraction of sp³-hybridized carbons (Fsp3) is 0.250. The summed E-state index contributed by atoms with van der Waals surface area (Å²) >= 11 is 1.72. The molecular formula is C20H21N3O2S. The van der Waals surface area contributed by atoms with Gasteiger partial charge in [0.2, 0.25) is 6.79 Å². The Hall–Kier alpha value is -2.57. The van der Waals surface area contributed by atoms with E-state index in [2.05, 4.69) is 45.5 Å². The highest BCUT2D eigenvalue weighted by Gasteiger charge is 2.13. The van der Waals surface area contributed by atoms with E-state index in [0.717, 1.165) is 29.6 Å². The molecule has 0 saturated heterocycles. The van der Waals surface area contributed by atoms with Crippen LogP contribution in [0.4, 0.5) is 5.69 Å². The van der Waals surface area contributed by atoms with Crippen LogP contribution < -0.4 is 19.7 Å². The second-order valence-electron chi connectivity index (χ2n) is 6.35. The van der Waals surface area contributed by atoms with Crippen molar-refractivity contribution in [3.05, 3.63) is 59.2 Å². The smallest absolute Gasteiger partial charge is 0.231 e. The Bertz CT molecular complexity index is 890. The van der Waals surface area contributed by atoms with E-state index in [0.29, 0.717) is 6.79 Å². The molecule has 1 aliphatic heterocycles. The molecule has 0 radical (unpaired) electrons. The van der Waals surface area contributed by atoms with E-state index in [4.69, 9.17) is 9.47 Å². The summed E-state index contributed by atoms with van der Waals surface area (Å²) in [6.07, 6.45) is 1.95. The number of aromatic nitrogens is 1. The minimum absolute atomic E-state index is 0.309. The summed E-state index contributed by atoms with van der Waals surface area (Å²) in [5, 5.41) is 4.52. The van der Waals surface area contributed by atoms with Gasteiger partial charge < -0.3 is 19.7 Å². The first-order valence-electron chi connectivity index (χ1n) is 8.51. The summed E-state index contributed by atoms with van der Waals surface area (Å²) in [7, 11) is 4.09. The molecule has 2 heterocycles. The Morgan fingerprint density at radius 2 is 1.85 bits per heavy atom. The van der Waals surface area contributed by atoms with Gasteiger partial charge in [0.25, 0.3) is 0 Å². The van der Waals surface area contributed by atoms with Gasteiger partial charge in [-0.25, -0.2) is 4.98 Å². The fourth-order valence-corrected chi connectivity index (χ4v) is 3.71. The van der Waals surface area contributed by atoms with E-state index in [1.165, 1.54) is 21.7 Å². The van der Waals surface area contributed by atoms with Crippen LogP contribution in [0.5, 0.6) is 11.5 Å². The predicted octanol–water partition coefficient (Wildman–Crippen LogP) is 3.89.